The fraction of sp³-hybridized carbons (Fsp3) is 0.727. The van der Waals surface area contributed by atoms with Crippen LogP contribution in [0.15, 0.2) is 11.6 Å². The monoisotopic (exact) mass is 214 g/mol. The minimum atomic E-state index is -0.310. The van der Waals surface area contributed by atoms with Gasteiger partial charge in [-0.2, -0.15) is 0 Å². The summed E-state index contributed by atoms with van der Waals surface area (Å²) in [6.07, 6.45) is 4.14. The Bertz CT molecular complexity index is 229. The molecule has 1 unspecified atom stereocenters. The lowest BCUT2D eigenvalue weighted by molar-refractivity contribution is -0.136. The minimum Gasteiger partial charge on any atom is -0.466 e. The van der Waals surface area contributed by atoms with E-state index in [-0.39, 0.29) is 12.1 Å². The first-order valence-electron chi connectivity index (χ1n) is 5.18. The van der Waals surface area contributed by atoms with E-state index in [0.717, 1.165) is 19.4 Å². The van der Waals surface area contributed by atoms with Crippen molar-refractivity contribution >= 4 is 5.97 Å². The van der Waals surface area contributed by atoms with Crippen molar-refractivity contribution in [2.24, 2.45) is 0 Å². The van der Waals surface area contributed by atoms with Crippen LogP contribution in [0.1, 0.15) is 19.8 Å². The lowest BCUT2D eigenvalue weighted by Crippen LogP contribution is -2.14. The summed E-state index contributed by atoms with van der Waals surface area (Å²) in [5, 5.41) is 0. The molecule has 1 fully saturated rings. The average Bonchev–Trinajstić information content (AvgIpc) is 2.75. The Morgan fingerprint density at radius 1 is 1.60 bits per heavy atom. The van der Waals surface area contributed by atoms with Crippen molar-refractivity contribution in [1.29, 1.82) is 0 Å². The maximum absolute atomic E-state index is 11.0. The van der Waals surface area contributed by atoms with Gasteiger partial charge < -0.3 is 14.2 Å². The van der Waals surface area contributed by atoms with Gasteiger partial charge in [-0.1, -0.05) is 0 Å². The van der Waals surface area contributed by atoms with Crippen LogP contribution in [0.3, 0.4) is 0 Å². The molecule has 1 saturated heterocycles. The summed E-state index contributed by atoms with van der Waals surface area (Å²) in [4.78, 5) is 11.0. The Kier molecular flexibility index (Phi) is 5.36. The number of carbonyl (C=O) groups is 1. The average molecular weight is 214 g/mol. The van der Waals surface area contributed by atoms with E-state index in [0.29, 0.717) is 18.8 Å². The van der Waals surface area contributed by atoms with Crippen LogP contribution in [-0.2, 0) is 19.0 Å². The Labute approximate surface area is 90.2 Å². The van der Waals surface area contributed by atoms with Crippen molar-refractivity contribution < 1.29 is 19.0 Å². The van der Waals surface area contributed by atoms with Crippen LogP contribution in [0.4, 0.5) is 0 Å². The number of esters is 1. The second kappa shape index (κ2) is 6.58. The third-order valence-electron chi connectivity index (χ3n) is 2.34. The van der Waals surface area contributed by atoms with Crippen LogP contribution in [0.5, 0.6) is 0 Å². The highest BCUT2D eigenvalue weighted by Crippen LogP contribution is 2.11. The number of hydrogen-bond acceptors (Lipinski definition) is 4. The maximum atomic E-state index is 11.0. The number of hydrogen-bond donors (Lipinski definition) is 0. The standard InChI is InChI=1S/C11H18O4/c1-9(11(12)13-2)5-7-14-8-10-4-3-6-15-10/h5,10H,3-4,6-8H2,1-2H3. The third-order valence-corrected chi connectivity index (χ3v) is 2.34. The highest BCUT2D eigenvalue weighted by molar-refractivity contribution is 5.87. The van der Waals surface area contributed by atoms with Gasteiger partial charge in [0.15, 0.2) is 0 Å². The molecule has 0 aromatic rings. The highest BCUT2D eigenvalue weighted by atomic mass is 16.5. The first kappa shape index (κ1) is 12.2. The second-order valence-corrected chi connectivity index (χ2v) is 3.55. The molecule has 1 aliphatic rings. The van der Waals surface area contributed by atoms with Crippen LogP contribution in [-0.4, -0.2) is 39.0 Å². The minimum absolute atomic E-state index is 0.233. The smallest absolute Gasteiger partial charge is 0.333 e. The largest absolute Gasteiger partial charge is 0.466 e. The molecule has 0 saturated carbocycles. The predicted octanol–water partition coefficient (Wildman–Crippen LogP) is 1.30. The molecular formula is C11H18O4. The Hall–Kier alpha value is -0.870. The van der Waals surface area contributed by atoms with E-state index in [1.807, 2.05) is 0 Å². The van der Waals surface area contributed by atoms with E-state index >= 15 is 0 Å². The normalized spacial score (nSPS) is 21.7. The summed E-state index contributed by atoms with van der Waals surface area (Å²) in [6.45, 7) is 3.58. The highest BCUT2D eigenvalue weighted by Gasteiger charge is 2.14. The molecule has 4 heteroatoms. The van der Waals surface area contributed by atoms with Crippen molar-refractivity contribution in [3.8, 4) is 0 Å². The predicted molar refractivity (Wildman–Crippen MR) is 55.6 cm³/mol. The molecule has 1 heterocycles. The quantitative estimate of drug-likeness (QED) is 0.393. The van der Waals surface area contributed by atoms with Crippen LogP contribution < -0.4 is 0 Å². The molecule has 1 atom stereocenters. The zero-order valence-electron chi connectivity index (χ0n) is 9.32. The van der Waals surface area contributed by atoms with Gasteiger partial charge in [0, 0.05) is 12.2 Å². The van der Waals surface area contributed by atoms with E-state index < -0.39 is 0 Å². The number of rotatable bonds is 5. The molecule has 1 rings (SSSR count). The first-order valence-corrected chi connectivity index (χ1v) is 5.18. The first-order chi connectivity index (χ1) is 7.24. The summed E-state index contributed by atoms with van der Waals surface area (Å²) in [6, 6.07) is 0. The Morgan fingerprint density at radius 3 is 3.00 bits per heavy atom. The van der Waals surface area contributed by atoms with Gasteiger partial charge in [-0.3, -0.25) is 0 Å². The summed E-state index contributed by atoms with van der Waals surface area (Å²) in [5.74, 6) is -0.310. The molecule has 0 radical (unpaired) electrons. The lowest BCUT2D eigenvalue weighted by Gasteiger charge is -2.08. The van der Waals surface area contributed by atoms with Gasteiger partial charge in [-0.15, -0.1) is 0 Å². The third kappa shape index (κ3) is 4.44. The molecule has 86 valence electrons. The summed E-state index contributed by atoms with van der Waals surface area (Å²) in [7, 11) is 1.37. The number of carbonyl (C=O) groups excluding carboxylic acids is 1. The van der Waals surface area contributed by atoms with E-state index in [4.69, 9.17) is 9.47 Å². The molecule has 0 aromatic carbocycles. The van der Waals surface area contributed by atoms with Gasteiger partial charge in [-0.25, -0.2) is 4.79 Å². The van der Waals surface area contributed by atoms with E-state index in [1.54, 1.807) is 13.0 Å². The Morgan fingerprint density at radius 2 is 2.40 bits per heavy atom. The van der Waals surface area contributed by atoms with Gasteiger partial charge >= 0.3 is 5.97 Å². The van der Waals surface area contributed by atoms with Crippen molar-refractivity contribution in [1.82, 2.24) is 0 Å². The summed E-state index contributed by atoms with van der Waals surface area (Å²) >= 11 is 0. The molecular weight excluding hydrogens is 196 g/mol. The molecule has 0 N–H and O–H groups in total. The van der Waals surface area contributed by atoms with Gasteiger partial charge in [0.1, 0.15) is 0 Å². The van der Waals surface area contributed by atoms with Crippen molar-refractivity contribution in [2.45, 2.75) is 25.9 Å². The lowest BCUT2D eigenvalue weighted by atomic mass is 10.2. The molecule has 1 aliphatic heterocycles. The van der Waals surface area contributed by atoms with Crippen LogP contribution in [0.2, 0.25) is 0 Å². The van der Waals surface area contributed by atoms with Crippen molar-refractivity contribution in [3.05, 3.63) is 11.6 Å². The van der Waals surface area contributed by atoms with Gasteiger partial charge in [0.25, 0.3) is 0 Å². The number of ether oxygens (including phenoxy) is 3. The van der Waals surface area contributed by atoms with E-state index in [9.17, 15) is 4.79 Å². The van der Waals surface area contributed by atoms with E-state index in [1.165, 1.54) is 7.11 Å². The second-order valence-electron chi connectivity index (χ2n) is 3.55. The molecule has 0 aromatic heterocycles. The molecule has 15 heavy (non-hydrogen) atoms. The van der Waals surface area contributed by atoms with Crippen LogP contribution >= 0.6 is 0 Å². The van der Waals surface area contributed by atoms with Gasteiger partial charge in [0.2, 0.25) is 0 Å². The zero-order chi connectivity index (χ0) is 11.1. The molecule has 4 nitrogen and oxygen atoms in total. The van der Waals surface area contributed by atoms with Crippen molar-refractivity contribution in [3.63, 3.8) is 0 Å². The Balaban J connectivity index is 2.11. The van der Waals surface area contributed by atoms with Crippen LogP contribution in [0.25, 0.3) is 0 Å². The van der Waals surface area contributed by atoms with Crippen LogP contribution in [0, 0.1) is 0 Å². The molecule has 0 aliphatic carbocycles. The molecule has 0 spiro atoms. The fourth-order valence-electron chi connectivity index (χ4n) is 1.40. The zero-order valence-corrected chi connectivity index (χ0v) is 9.32. The van der Waals surface area contributed by atoms with Crippen molar-refractivity contribution in [2.75, 3.05) is 26.9 Å². The molecule has 0 amide bonds. The fourth-order valence-corrected chi connectivity index (χ4v) is 1.40. The SMILES string of the molecule is COC(=O)C(C)=CCOCC1CCCO1. The van der Waals surface area contributed by atoms with Gasteiger partial charge in [-0.05, 0) is 25.8 Å². The summed E-state index contributed by atoms with van der Waals surface area (Å²) < 4.78 is 15.3. The molecule has 0 bridgehead atoms. The van der Waals surface area contributed by atoms with E-state index in [2.05, 4.69) is 4.74 Å². The maximum Gasteiger partial charge on any atom is 0.333 e. The van der Waals surface area contributed by atoms with Gasteiger partial charge in [0.05, 0.1) is 26.4 Å². The number of methoxy groups -OCH3 is 1. The summed E-state index contributed by atoms with van der Waals surface area (Å²) in [5.41, 5.74) is 0.574. The topological polar surface area (TPSA) is 44.8 Å².